The van der Waals surface area contributed by atoms with Crippen molar-refractivity contribution in [1.82, 2.24) is 33.9 Å². The molecule has 10 nitrogen and oxygen atoms in total. The first-order valence-corrected chi connectivity index (χ1v) is 19.4. The zero-order chi connectivity index (χ0) is 36.7. The first-order chi connectivity index (χ1) is 25.6. The molecule has 6 aromatic rings. The number of piperidine rings is 2. The number of likely N-dealkylation sites (tertiary alicyclic amines) is 2. The lowest BCUT2D eigenvalue weighted by atomic mass is 9.79. The average molecular weight is 769 g/mol. The summed E-state index contributed by atoms with van der Waals surface area (Å²) in [5.74, 6) is 0.0110. The van der Waals surface area contributed by atoms with Crippen LogP contribution in [-0.4, -0.2) is 76.7 Å². The third kappa shape index (κ3) is 7.54. The van der Waals surface area contributed by atoms with E-state index in [1.54, 1.807) is 46.4 Å². The number of thiazole rings is 1. The zero-order valence-electron chi connectivity index (χ0n) is 29.2. The average Bonchev–Trinajstić information content (AvgIpc) is 3.81. The Morgan fingerprint density at radius 1 is 0.962 bits per heavy atom. The Labute approximate surface area is 321 Å². The Bertz CT molecular complexity index is 2300. The number of hydrogen-bond acceptors (Lipinski definition) is 8. The van der Waals surface area contributed by atoms with Gasteiger partial charge in [0.2, 0.25) is 5.91 Å². The Morgan fingerprint density at radius 3 is 2.47 bits per heavy atom. The van der Waals surface area contributed by atoms with Crippen LogP contribution >= 0.6 is 34.5 Å². The molecule has 4 aromatic heterocycles. The van der Waals surface area contributed by atoms with Crippen LogP contribution in [0.15, 0.2) is 96.4 Å². The number of nitrogens with zero attached hydrogens (tertiary/aromatic N) is 7. The quantitative estimate of drug-likeness (QED) is 0.178. The molecule has 0 bridgehead atoms. The van der Waals surface area contributed by atoms with Crippen LogP contribution in [0.1, 0.15) is 41.3 Å². The number of benzene rings is 2. The molecule has 8 rings (SSSR count). The van der Waals surface area contributed by atoms with E-state index < -0.39 is 5.60 Å². The summed E-state index contributed by atoms with van der Waals surface area (Å²) in [6.07, 6.45) is 8.55. The van der Waals surface area contributed by atoms with E-state index in [9.17, 15) is 14.7 Å². The summed E-state index contributed by atoms with van der Waals surface area (Å²) in [7, 11) is 0. The Morgan fingerprint density at radius 2 is 1.74 bits per heavy atom. The SMILES string of the molecule is Cc1ccc(-c2ncc(CN3CC[C@@H](C(=O)N4CCC(O)(Cn5cnc6c(ccn6-c6cc(Cl)cc(Cl)c6)c5=O)CC4)[C@H](c4ccccc4)C3)s2)cn1. The summed E-state index contributed by atoms with van der Waals surface area (Å²) < 4.78 is 3.24. The predicted octanol–water partition coefficient (Wildman–Crippen LogP) is 6.98. The van der Waals surface area contributed by atoms with Crippen molar-refractivity contribution in [3.63, 3.8) is 0 Å². The highest BCUT2D eigenvalue weighted by molar-refractivity contribution is 7.15. The molecule has 2 aliphatic rings. The number of carbonyl (C=O) groups excluding carboxylic acids is 1. The van der Waals surface area contributed by atoms with Crippen molar-refractivity contribution < 1.29 is 9.90 Å². The number of aliphatic hydroxyl groups is 1. The summed E-state index contributed by atoms with van der Waals surface area (Å²) in [6.45, 7) is 5.26. The van der Waals surface area contributed by atoms with Gasteiger partial charge in [-0.1, -0.05) is 53.5 Å². The van der Waals surface area contributed by atoms with Gasteiger partial charge in [0.1, 0.15) is 11.3 Å². The van der Waals surface area contributed by atoms with E-state index in [2.05, 4.69) is 38.1 Å². The lowest BCUT2D eigenvalue weighted by Crippen LogP contribution is -2.53. The maximum Gasteiger partial charge on any atom is 0.262 e. The fourth-order valence-electron chi connectivity index (χ4n) is 7.73. The summed E-state index contributed by atoms with van der Waals surface area (Å²) in [5, 5.41) is 14.0. The first kappa shape index (κ1) is 35.6. The van der Waals surface area contributed by atoms with E-state index in [0.29, 0.717) is 52.7 Å². The number of aromatic nitrogens is 5. The molecule has 2 saturated heterocycles. The van der Waals surface area contributed by atoms with Gasteiger partial charge < -0.3 is 14.6 Å². The molecule has 13 heteroatoms. The number of aryl methyl sites for hydroxylation is 1. The van der Waals surface area contributed by atoms with Gasteiger partial charge in [-0.25, -0.2) is 9.97 Å². The monoisotopic (exact) mass is 767 g/mol. The molecule has 0 unspecified atom stereocenters. The van der Waals surface area contributed by atoms with Crippen LogP contribution in [0.25, 0.3) is 27.3 Å². The number of fused-ring (bicyclic) bond motifs is 1. The molecular weight excluding hydrogens is 729 g/mol. The highest BCUT2D eigenvalue weighted by Crippen LogP contribution is 2.37. The minimum Gasteiger partial charge on any atom is -0.388 e. The van der Waals surface area contributed by atoms with Crippen molar-refractivity contribution in [2.75, 3.05) is 26.2 Å². The maximum atomic E-state index is 14.2. The summed E-state index contributed by atoms with van der Waals surface area (Å²) in [6, 6.07) is 21.3. The molecule has 0 aliphatic carbocycles. The highest BCUT2D eigenvalue weighted by Gasteiger charge is 2.41. The first-order valence-electron chi connectivity index (χ1n) is 17.8. The summed E-state index contributed by atoms with van der Waals surface area (Å²) in [5.41, 5.74) is 2.95. The second-order valence-electron chi connectivity index (χ2n) is 14.2. The van der Waals surface area contributed by atoms with Crippen molar-refractivity contribution in [2.24, 2.45) is 5.92 Å². The lowest BCUT2D eigenvalue weighted by Gasteiger charge is -2.43. The van der Waals surface area contributed by atoms with Crippen LogP contribution in [0.4, 0.5) is 0 Å². The number of carbonyl (C=O) groups is 1. The topological polar surface area (TPSA) is 109 Å². The fourth-order valence-corrected chi connectivity index (χ4v) is 9.19. The molecule has 2 atom stereocenters. The minimum atomic E-state index is -1.15. The minimum absolute atomic E-state index is 0.0403. The summed E-state index contributed by atoms with van der Waals surface area (Å²) >= 11 is 14.1. The molecule has 0 saturated carbocycles. The molecule has 0 radical (unpaired) electrons. The van der Waals surface area contributed by atoms with Crippen LogP contribution in [0.3, 0.4) is 0 Å². The normalized spacial score (nSPS) is 19.1. The molecule has 0 spiro atoms. The van der Waals surface area contributed by atoms with Crippen LogP contribution < -0.4 is 5.56 Å². The fraction of sp³-hybridized carbons (Fsp3) is 0.325. The number of hydrogen-bond donors (Lipinski definition) is 1. The Balaban J connectivity index is 0.930. The van der Waals surface area contributed by atoms with E-state index >= 15 is 0 Å². The second kappa shape index (κ2) is 14.8. The molecule has 1 N–H and O–H groups in total. The number of halogens is 2. The molecule has 272 valence electrons. The maximum absolute atomic E-state index is 14.2. The summed E-state index contributed by atoms with van der Waals surface area (Å²) in [4.78, 5) is 47.0. The van der Waals surface area contributed by atoms with Crippen LogP contribution in [0, 0.1) is 12.8 Å². The van der Waals surface area contributed by atoms with E-state index in [0.717, 1.165) is 47.9 Å². The van der Waals surface area contributed by atoms with Crippen molar-refractivity contribution in [1.29, 1.82) is 0 Å². The Hall–Kier alpha value is -4.39. The third-order valence-electron chi connectivity index (χ3n) is 10.6. The highest BCUT2D eigenvalue weighted by atomic mass is 35.5. The van der Waals surface area contributed by atoms with E-state index in [1.807, 2.05) is 48.5 Å². The Kier molecular flexibility index (Phi) is 9.95. The van der Waals surface area contributed by atoms with Crippen LogP contribution in [-0.2, 0) is 17.9 Å². The van der Waals surface area contributed by atoms with Gasteiger partial charge in [0, 0.05) is 88.5 Å². The second-order valence-corrected chi connectivity index (χ2v) is 16.2. The molecule has 53 heavy (non-hydrogen) atoms. The molecule has 2 aliphatic heterocycles. The van der Waals surface area contributed by atoms with Gasteiger partial charge in [-0.2, -0.15) is 0 Å². The van der Waals surface area contributed by atoms with Gasteiger partial charge >= 0.3 is 0 Å². The standard InChI is InChI=1S/C40H39Cl2N7O3S/c1-26-7-8-28(20-43-26)37-44-21-32(53-37)22-46-13-9-33(35(23-46)27-5-3-2-4-6-27)38(50)47-15-11-40(52,12-16-47)24-48-25-45-36-34(39(48)51)10-14-49(36)31-18-29(41)17-30(42)19-31/h2-8,10,14,17-21,25,33,35,52H,9,11-13,15-16,22-24H2,1H3/t33-,35+/m1/s1. The number of rotatable bonds is 8. The van der Waals surface area contributed by atoms with Crippen molar-refractivity contribution in [3.8, 4) is 16.3 Å². The van der Waals surface area contributed by atoms with Gasteiger partial charge in [-0.3, -0.25) is 24.0 Å². The zero-order valence-corrected chi connectivity index (χ0v) is 31.6. The number of pyridine rings is 1. The van der Waals surface area contributed by atoms with Gasteiger partial charge in [-0.05, 0) is 74.7 Å². The largest absolute Gasteiger partial charge is 0.388 e. The molecule has 2 fully saturated rings. The smallest absolute Gasteiger partial charge is 0.262 e. The lowest BCUT2D eigenvalue weighted by molar-refractivity contribution is -0.142. The van der Waals surface area contributed by atoms with E-state index in [4.69, 9.17) is 23.2 Å². The van der Waals surface area contributed by atoms with Gasteiger partial charge in [-0.15, -0.1) is 11.3 Å². The molecular formula is C40H39Cl2N7O3S. The van der Waals surface area contributed by atoms with Crippen LogP contribution in [0.2, 0.25) is 10.0 Å². The molecule has 6 heterocycles. The van der Waals surface area contributed by atoms with Gasteiger partial charge in [0.05, 0.1) is 17.5 Å². The van der Waals surface area contributed by atoms with Crippen molar-refractivity contribution in [2.45, 2.75) is 50.8 Å². The molecule has 2 aromatic carbocycles. The van der Waals surface area contributed by atoms with Gasteiger partial charge in [0.15, 0.2) is 5.65 Å². The van der Waals surface area contributed by atoms with Crippen LogP contribution in [0.5, 0.6) is 0 Å². The third-order valence-corrected chi connectivity index (χ3v) is 12.1. The van der Waals surface area contributed by atoms with Crippen molar-refractivity contribution >= 4 is 51.5 Å². The van der Waals surface area contributed by atoms with Gasteiger partial charge in [0.25, 0.3) is 5.56 Å². The van der Waals surface area contributed by atoms with E-state index in [1.165, 1.54) is 15.8 Å². The van der Waals surface area contributed by atoms with E-state index in [-0.39, 0.29) is 29.8 Å². The van der Waals surface area contributed by atoms with Crippen molar-refractivity contribution in [3.05, 3.63) is 128 Å². The predicted molar refractivity (Wildman–Crippen MR) is 209 cm³/mol. The molecule has 1 amide bonds. The number of amides is 1.